The fraction of sp³-hybridized carbons (Fsp3) is 0.762. The molecule has 13 heteroatoms. The fourth-order valence-corrected chi connectivity index (χ4v) is 2.99. The molecule has 6 atom stereocenters. The van der Waals surface area contributed by atoms with Gasteiger partial charge in [0.1, 0.15) is 24.2 Å². The zero-order valence-electron chi connectivity index (χ0n) is 20.0. The summed E-state index contributed by atoms with van der Waals surface area (Å²) in [7, 11) is 0. The van der Waals surface area contributed by atoms with Crippen LogP contribution >= 0.6 is 0 Å². The molecule has 0 spiro atoms. The third-order valence-electron chi connectivity index (χ3n) is 5.46. The number of hydrogen-bond donors (Lipinski definition) is 8. The number of aliphatic hydroxyl groups excluding tert-OH is 1. The van der Waals surface area contributed by atoms with Crippen LogP contribution in [0.3, 0.4) is 0 Å². The number of aliphatic carboxylic acids is 2. The summed E-state index contributed by atoms with van der Waals surface area (Å²) in [5, 5.41) is 35.2. The molecule has 0 aliphatic carbocycles. The summed E-state index contributed by atoms with van der Waals surface area (Å²) in [6.45, 7) is 5.08. The Labute approximate surface area is 199 Å². The van der Waals surface area contributed by atoms with Gasteiger partial charge in [-0.3, -0.25) is 19.2 Å². The number of aliphatic hydroxyl groups is 1. The van der Waals surface area contributed by atoms with E-state index in [1.807, 2.05) is 0 Å². The third kappa shape index (κ3) is 11.4. The molecule has 196 valence electrons. The van der Waals surface area contributed by atoms with Gasteiger partial charge < -0.3 is 42.7 Å². The minimum Gasteiger partial charge on any atom is -0.481 e. The Hall–Kier alpha value is -2.77. The van der Waals surface area contributed by atoms with Crippen molar-refractivity contribution in [3.05, 3.63) is 0 Å². The SMILES string of the molecule is CCC(C)C(NC(=O)C(CCCCN)NC(=O)C(CCC(=O)O)NC(=O)C(N)C(C)O)C(=O)O. The van der Waals surface area contributed by atoms with Crippen molar-refractivity contribution in [2.45, 2.75) is 89.6 Å². The summed E-state index contributed by atoms with van der Waals surface area (Å²) in [5.41, 5.74) is 11.1. The zero-order valence-corrected chi connectivity index (χ0v) is 20.0. The lowest BCUT2D eigenvalue weighted by Gasteiger charge is -2.26. The largest absolute Gasteiger partial charge is 0.481 e. The van der Waals surface area contributed by atoms with Crippen LogP contribution in [0.25, 0.3) is 0 Å². The van der Waals surface area contributed by atoms with E-state index in [2.05, 4.69) is 16.0 Å². The van der Waals surface area contributed by atoms with Crippen LogP contribution in [0.1, 0.15) is 59.3 Å². The molecule has 6 unspecified atom stereocenters. The molecule has 0 aliphatic heterocycles. The first-order chi connectivity index (χ1) is 15.8. The molecule has 13 nitrogen and oxygen atoms in total. The van der Waals surface area contributed by atoms with Crippen molar-refractivity contribution < 1.29 is 39.3 Å². The second-order valence-electron chi connectivity index (χ2n) is 8.32. The molecule has 34 heavy (non-hydrogen) atoms. The summed E-state index contributed by atoms with van der Waals surface area (Å²) in [5.74, 6) is -5.22. The molecule has 0 aliphatic rings. The molecule has 0 saturated heterocycles. The van der Waals surface area contributed by atoms with Gasteiger partial charge in [-0.1, -0.05) is 20.3 Å². The number of carbonyl (C=O) groups excluding carboxylic acids is 3. The Balaban J connectivity index is 5.62. The van der Waals surface area contributed by atoms with Gasteiger partial charge in [-0.15, -0.1) is 0 Å². The van der Waals surface area contributed by atoms with Gasteiger partial charge in [0.2, 0.25) is 17.7 Å². The molecule has 0 bridgehead atoms. The fourth-order valence-electron chi connectivity index (χ4n) is 2.99. The van der Waals surface area contributed by atoms with Crippen LogP contribution < -0.4 is 27.4 Å². The van der Waals surface area contributed by atoms with Crippen molar-refractivity contribution in [3.63, 3.8) is 0 Å². The van der Waals surface area contributed by atoms with Crippen LogP contribution in [-0.2, 0) is 24.0 Å². The van der Waals surface area contributed by atoms with Gasteiger partial charge in [0, 0.05) is 6.42 Å². The minimum absolute atomic E-state index is 0.147. The van der Waals surface area contributed by atoms with Gasteiger partial charge in [0.15, 0.2) is 0 Å². The van der Waals surface area contributed by atoms with Gasteiger partial charge >= 0.3 is 11.9 Å². The lowest BCUT2D eigenvalue weighted by atomic mass is 9.98. The molecule has 0 radical (unpaired) electrons. The topological polar surface area (TPSA) is 234 Å². The number of rotatable bonds is 17. The van der Waals surface area contributed by atoms with Gasteiger partial charge in [-0.05, 0) is 45.1 Å². The average molecular weight is 490 g/mol. The van der Waals surface area contributed by atoms with Crippen LogP contribution in [0.15, 0.2) is 0 Å². The summed E-state index contributed by atoms with van der Waals surface area (Å²) in [6.07, 6.45) is -0.317. The zero-order chi connectivity index (χ0) is 26.4. The maximum atomic E-state index is 12.9. The number of carbonyl (C=O) groups is 5. The highest BCUT2D eigenvalue weighted by atomic mass is 16.4. The van der Waals surface area contributed by atoms with Gasteiger partial charge in [0.05, 0.1) is 6.10 Å². The van der Waals surface area contributed by atoms with E-state index in [9.17, 15) is 34.2 Å². The van der Waals surface area contributed by atoms with Crippen LogP contribution in [0.5, 0.6) is 0 Å². The van der Waals surface area contributed by atoms with Gasteiger partial charge in [-0.2, -0.15) is 0 Å². The average Bonchev–Trinajstić information content (AvgIpc) is 2.77. The summed E-state index contributed by atoms with van der Waals surface area (Å²) in [4.78, 5) is 60.6. The second-order valence-corrected chi connectivity index (χ2v) is 8.32. The lowest BCUT2D eigenvalue weighted by molar-refractivity contribution is -0.144. The number of carboxylic acids is 2. The first-order valence-electron chi connectivity index (χ1n) is 11.3. The summed E-state index contributed by atoms with van der Waals surface area (Å²) < 4.78 is 0. The van der Waals surface area contributed by atoms with Crippen LogP contribution in [-0.4, -0.2) is 81.8 Å². The Kier molecular flexibility index (Phi) is 14.7. The Bertz CT molecular complexity index is 703. The molecule has 0 aromatic carbocycles. The molecular formula is C21H39N5O8. The quantitative estimate of drug-likeness (QED) is 0.107. The number of nitrogens with one attached hydrogen (secondary N) is 3. The Morgan fingerprint density at radius 3 is 1.85 bits per heavy atom. The van der Waals surface area contributed by atoms with Gasteiger partial charge in [-0.25, -0.2) is 4.79 Å². The van der Waals surface area contributed by atoms with Crippen molar-refractivity contribution in [1.82, 2.24) is 16.0 Å². The highest BCUT2D eigenvalue weighted by Crippen LogP contribution is 2.10. The minimum atomic E-state index is -1.35. The van der Waals surface area contributed by atoms with Crippen molar-refractivity contribution in [1.29, 1.82) is 0 Å². The molecule has 0 saturated carbocycles. The van der Waals surface area contributed by atoms with Crippen molar-refractivity contribution in [2.75, 3.05) is 6.54 Å². The molecule has 10 N–H and O–H groups in total. The predicted molar refractivity (Wildman–Crippen MR) is 122 cm³/mol. The standard InChI is InChI=1S/C21H39N5O8/c1-4-11(2)17(21(33)34)26-19(31)13(7-5-6-10-22)24-18(30)14(8-9-15(28)29)25-20(32)16(23)12(3)27/h11-14,16-17,27H,4-10,22-23H2,1-3H3,(H,24,30)(H,25,32)(H,26,31)(H,28,29)(H,33,34). The van der Waals surface area contributed by atoms with E-state index in [1.54, 1.807) is 13.8 Å². The van der Waals surface area contributed by atoms with Crippen molar-refractivity contribution >= 4 is 29.7 Å². The predicted octanol–water partition coefficient (Wildman–Crippen LogP) is -1.73. The molecule has 0 rings (SSSR count). The van der Waals surface area contributed by atoms with Crippen LogP contribution in [0.2, 0.25) is 0 Å². The van der Waals surface area contributed by atoms with Crippen LogP contribution in [0.4, 0.5) is 0 Å². The molecule has 0 fully saturated rings. The molecule has 0 aromatic rings. The number of hydrogen-bond acceptors (Lipinski definition) is 8. The monoisotopic (exact) mass is 489 g/mol. The van der Waals surface area contributed by atoms with Crippen molar-refractivity contribution in [3.8, 4) is 0 Å². The number of unbranched alkanes of at least 4 members (excludes halogenated alkanes) is 1. The molecule has 3 amide bonds. The molecule has 0 heterocycles. The first kappa shape index (κ1) is 31.2. The number of amides is 3. The maximum Gasteiger partial charge on any atom is 0.326 e. The van der Waals surface area contributed by atoms with E-state index >= 15 is 0 Å². The van der Waals surface area contributed by atoms with E-state index in [-0.39, 0.29) is 18.8 Å². The Morgan fingerprint density at radius 2 is 1.38 bits per heavy atom. The van der Waals surface area contributed by atoms with Crippen LogP contribution in [0, 0.1) is 5.92 Å². The van der Waals surface area contributed by atoms with Crippen molar-refractivity contribution in [2.24, 2.45) is 17.4 Å². The second kappa shape index (κ2) is 16.0. The molecular weight excluding hydrogens is 450 g/mol. The Morgan fingerprint density at radius 1 is 0.853 bits per heavy atom. The smallest absolute Gasteiger partial charge is 0.326 e. The van der Waals surface area contributed by atoms with E-state index in [0.29, 0.717) is 25.8 Å². The summed E-state index contributed by atoms with van der Waals surface area (Å²) >= 11 is 0. The first-order valence-corrected chi connectivity index (χ1v) is 11.3. The lowest BCUT2D eigenvalue weighted by Crippen LogP contribution is -2.58. The van der Waals surface area contributed by atoms with E-state index in [4.69, 9.17) is 16.6 Å². The van der Waals surface area contributed by atoms with E-state index in [1.165, 1.54) is 6.92 Å². The third-order valence-corrected chi connectivity index (χ3v) is 5.46. The maximum absolute atomic E-state index is 12.9. The van der Waals surface area contributed by atoms with E-state index in [0.717, 1.165) is 0 Å². The molecule has 0 aromatic heterocycles. The number of carboxylic acid groups (broad SMARTS) is 2. The highest BCUT2D eigenvalue weighted by Gasteiger charge is 2.32. The van der Waals surface area contributed by atoms with Gasteiger partial charge in [0.25, 0.3) is 0 Å². The normalized spacial score (nSPS) is 16.3. The van der Waals surface area contributed by atoms with E-state index < -0.39 is 66.4 Å². The highest BCUT2D eigenvalue weighted by molar-refractivity contribution is 5.94. The number of nitrogens with two attached hydrogens (primary N) is 2. The summed E-state index contributed by atoms with van der Waals surface area (Å²) in [6, 6.07) is -5.00.